The maximum Gasteiger partial charge on any atom is 0.234 e. The highest BCUT2D eigenvalue weighted by Gasteiger charge is 2.13. The van der Waals surface area contributed by atoms with Crippen molar-refractivity contribution in [2.24, 2.45) is 7.05 Å². The predicted molar refractivity (Wildman–Crippen MR) is 108 cm³/mol. The second-order valence-corrected chi connectivity index (χ2v) is 7.54. The minimum atomic E-state index is -0.560. The van der Waals surface area contributed by atoms with Crippen molar-refractivity contribution in [1.29, 1.82) is 0 Å². The first-order valence-corrected chi connectivity index (χ1v) is 9.91. The first kappa shape index (κ1) is 21.4. The van der Waals surface area contributed by atoms with Gasteiger partial charge in [0.2, 0.25) is 5.91 Å². The Kier molecular flexibility index (Phi) is 6.94. The van der Waals surface area contributed by atoms with Crippen LogP contribution in [0.1, 0.15) is 5.82 Å². The SMILES string of the molecule is Cn1c(COc2ccc(F)cc2Cl)nnc1SCC(=O)Nc1ccc(F)c(Cl)c1. The highest BCUT2D eigenvalue weighted by molar-refractivity contribution is 7.99. The Morgan fingerprint density at radius 2 is 1.97 bits per heavy atom. The van der Waals surface area contributed by atoms with Gasteiger partial charge in [-0.15, -0.1) is 10.2 Å². The Labute approximate surface area is 179 Å². The summed E-state index contributed by atoms with van der Waals surface area (Å²) in [5.74, 6) is -0.445. The zero-order valence-electron chi connectivity index (χ0n) is 15.0. The molecule has 1 amide bonds. The maximum atomic E-state index is 13.2. The molecule has 6 nitrogen and oxygen atoms in total. The van der Waals surface area contributed by atoms with Gasteiger partial charge in [0.1, 0.15) is 24.0 Å². The second kappa shape index (κ2) is 9.43. The van der Waals surface area contributed by atoms with Crippen molar-refractivity contribution in [1.82, 2.24) is 14.8 Å². The Morgan fingerprint density at radius 1 is 1.17 bits per heavy atom. The molecule has 0 unspecified atom stereocenters. The van der Waals surface area contributed by atoms with Crippen LogP contribution in [0.4, 0.5) is 14.5 Å². The summed E-state index contributed by atoms with van der Waals surface area (Å²) in [6.07, 6.45) is 0. The number of nitrogens with zero attached hydrogens (tertiary/aromatic N) is 3. The Bertz CT molecular complexity index is 1050. The Hall–Kier alpha value is -2.36. The van der Waals surface area contributed by atoms with Crippen LogP contribution in [-0.2, 0) is 18.4 Å². The number of thioether (sulfide) groups is 1. The van der Waals surface area contributed by atoms with Gasteiger partial charge in [0.05, 0.1) is 15.8 Å². The highest BCUT2D eigenvalue weighted by Crippen LogP contribution is 2.26. The average Bonchev–Trinajstić information content (AvgIpc) is 3.02. The molecule has 0 saturated carbocycles. The number of amides is 1. The molecule has 3 rings (SSSR count). The van der Waals surface area contributed by atoms with E-state index in [-0.39, 0.29) is 28.3 Å². The summed E-state index contributed by atoms with van der Waals surface area (Å²) in [5, 5.41) is 11.2. The summed E-state index contributed by atoms with van der Waals surface area (Å²) in [6.45, 7) is 0.0652. The number of halogens is 4. The van der Waals surface area contributed by atoms with Gasteiger partial charge in [0, 0.05) is 12.7 Å². The van der Waals surface area contributed by atoms with E-state index in [0.29, 0.717) is 22.4 Å². The standard InChI is InChI=1S/C18H14Cl2F2N4O2S/c1-26-16(8-28-15-5-2-10(21)6-13(15)20)24-25-18(26)29-9-17(27)23-11-3-4-14(22)12(19)7-11/h2-7H,8-9H2,1H3,(H,23,27). The fourth-order valence-corrected chi connectivity index (χ4v) is 3.36. The third-order valence-electron chi connectivity index (χ3n) is 3.71. The van der Waals surface area contributed by atoms with Crippen molar-refractivity contribution in [3.63, 3.8) is 0 Å². The molecule has 152 valence electrons. The minimum absolute atomic E-state index is 0.0611. The van der Waals surface area contributed by atoms with E-state index < -0.39 is 11.6 Å². The van der Waals surface area contributed by atoms with Gasteiger partial charge in [-0.25, -0.2) is 8.78 Å². The van der Waals surface area contributed by atoms with Crippen LogP contribution in [0.2, 0.25) is 10.0 Å². The van der Waals surface area contributed by atoms with Gasteiger partial charge < -0.3 is 14.6 Å². The lowest BCUT2D eigenvalue weighted by Gasteiger charge is -2.08. The fraction of sp³-hybridized carbons (Fsp3) is 0.167. The second-order valence-electron chi connectivity index (χ2n) is 5.79. The molecule has 11 heteroatoms. The van der Waals surface area contributed by atoms with Crippen LogP contribution in [0.25, 0.3) is 0 Å². The van der Waals surface area contributed by atoms with E-state index in [0.717, 1.165) is 6.07 Å². The normalized spacial score (nSPS) is 10.8. The zero-order valence-corrected chi connectivity index (χ0v) is 17.3. The molecule has 0 atom stereocenters. The topological polar surface area (TPSA) is 69.0 Å². The third-order valence-corrected chi connectivity index (χ3v) is 5.32. The molecule has 2 aromatic carbocycles. The van der Waals surface area contributed by atoms with Gasteiger partial charge in [0.25, 0.3) is 0 Å². The number of hydrogen-bond donors (Lipinski definition) is 1. The van der Waals surface area contributed by atoms with E-state index >= 15 is 0 Å². The summed E-state index contributed by atoms with van der Waals surface area (Å²) in [4.78, 5) is 12.1. The number of anilines is 1. The van der Waals surface area contributed by atoms with Gasteiger partial charge in [-0.05, 0) is 36.4 Å². The monoisotopic (exact) mass is 458 g/mol. The lowest BCUT2D eigenvalue weighted by atomic mass is 10.3. The number of benzene rings is 2. The lowest BCUT2D eigenvalue weighted by molar-refractivity contribution is -0.113. The van der Waals surface area contributed by atoms with Crippen molar-refractivity contribution in [2.45, 2.75) is 11.8 Å². The molecule has 0 saturated heterocycles. The van der Waals surface area contributed by atoms with E-state index in [1.54, 1.807) is 11.6 Å². The molecule has 1 N–H and O–H groups in total. The van der Waals surface area contributed by atoms with Crippen LogP contribution in [-0.4, -0.2) is 26.4 Å². The van der Waals surface area contributed by atoms with Gasteiger partial charge in [-0.1, -0.05) is 35.0 Å². The quantitative estimate of drug-likeness (QED) is 0.519. The van der Waals surface area contributed by atoms with E-state index in [9.17, 15) is 13.6 Å². The van der Waals surface area contributed by atoms with Crippen LogP contribution in [0, 0.1) is 11.6 Å². The van der Waals surface area contributed by atoms with Crippen LogP contribution in [0.5, 0.6) is 5.75 Å². The smallest absolute Gasteiger partial charge is 0.234 e. The zero-order chi connectivity index (χ0) is 21.0. The number of hydrogen-bond acceptors (Lipinski definition) is 5. The summed E-state index contributed by atoms with van der Waals surface area (Å²) < 4.78 is 33.5. The molecule has 3 aromatic rings. The predicted octanol–water partition coefficient (Wildman–Crippen LogP) is 4.71. The maximum absolute atomic E-state index is 13.2. The molecule has 0 spiro atoms. The molecule has 0 aliphatic heterocycles. The van der Waals surface area contributed by atoms with E-state index in [1.807, 2.05) is 0 Å². The fourth-order valence-electron chi connectivity index (χ4n) is 2.23. The number of ether oxygens (including phenoxy) is 1. The average molecular weight is 459 g/mol. The van der Waals surface area contributed by atoms with Crippen molar-refractivity contribution in [3.05, 3.63) is 63.9 Å². The molecule has 0 fully saturated rings. The van der Waals surface area contributed by atoms with Crippen LogP contribution < -0.4 is 10.1 Å². The first-order valence-electron chi connectivity index (χ1n) is 8.17. The Balaban J connectivity index is 1.55. The minimum Gasteiger partial charge on any atom is -0.484 e. The van der Waals surface area contributed by atoms with Gasteiger partial charge in [0.15, 0.2) is 11.0 Å². The van der Waals surface area contributed by atoms with Crippen LogP contribution in [0.15, 0.2) is 41.6 Å². The molecule has 0 aliphatic carbocycles. The van der Waals surface area contributed by atoms with Crippen LogP contribution in [0.3, 0.4) is 0 Å². The highest BCUT2D eigenvalue weighted by atomic mass is 35.5. The molecule has 0 aliphatic rings. The number of carbonyl (C=O) groups excluding carboxylic acids is 1. The molecule has 1 aromatic heterocycles. The third kappa shape index (κ3) is 5.59. The van der Waals surface area contributed by atoms with E-state index in [2.05, 4.69) is 15.5 Å². The van der Waals surface area contributed by atoms with Crippen molar-refractivity contribution < 1.29 is 18.3 Å². The molecule has 1 heterocycles. The summed E-state index contributed by atoms with van der Waals surface area (Å²) >= 11 is 12.8. The molecule has 0 radical (unpaired) electrons. The summed E-state index contributed by atoms with van der Waals surface area (Å²) in [7, 11) is 1.73. The number of rotatable bonds is 7. The number of carbonyl (C=O) groups is 1. The van der Waals surface area contributed by atoms with Gasteiger partial charge >= 0.3 is 0 Å². The molecule has 29 heavy (non-hydrogen) atoms. The van der Waals surface area contributed by atoms with Crippen LogP contribution >= 0.6 is 35.0 Å². The summed E-state index contributed by atoms with van der Waals surface area (Å²) in [5.41, 5.74) is 0.394. The lowest BCUT2D eigenvalue weighted by Crippen LogP contribution is -2.14. The van der Waals surface area contributed by atoms with Crippen molar-refractivity contribution in [3.8, 4) is 5.75 Å². The molecular weight excluding hydrogens is 445 g/mol. The molecular formula is C18H14Cl2F2N4O2S. The largest absolute Gasteiger partial charge is 0.484 e. The molecule has 0 bridgehead atoms. The Morgan fingerprint density at radius 3 is 2.69 bits per heavy atom. The van der Waals surface area contributed by atoms with Crippen molar-refractivity contribution in [2.75, 3.05) is 11.1 Å². The first-order chi connectivity index (χ1) is 13.8. The number of nitrogens with one attached hydrogen (secondary N) is 1. The van der Waals surface area contributed by atoms with E-state index in [4.69, 9.17) is 27.9 Å². The van der Waals surface area contributed by atoms with Gasteiger partial charge in [-0.3, -0.25) is 4.79 Å². The van der Waals surface area contributed by atoms with Gasteiger partial charge in [-0.2, -0.15) is 0 Å². The van der Waals surface area contributed by atoms with Crippen molar-refractivity contribution >= 4 is 46.6 Å². The number of aromatic nitrogens is 3. The summed E-state index contributed by atoms with van der Waals surface area (Å²) in [6, 6.07) is 7.75. The van der Waals surface area contributed by atoms with E-state index in [1.165, 1.54) is 42.1 Å².